The lowest BCUT2D eigenvalue weighted by molar-refractivity contribution is -0.137. The minimum absolute atomic E-state index is 0.116. The molecular weight excluding hydrogens is 519 g/mol. The molecule has 1 fully saturated rings. The predicted molar refractivity (Wildman–Crippen MR) is 146 cm³/mol. The molecule has 11 heteroatoms. The first-order valence-corrected chi connectivity index (χ1v) is 13.4. The molecule has 8 nitrogen and oxygen atoms in total. The van der Waals surface area contributed by atoms with Crippen molar-refractivity contribution >= 4 is 11.6 Å². The van der Waals surface area contributed by atoms with Gasteiger partial charge in [0.25, 0.3) is 5.91 Å². The zero-order valence-corrected chi connectivity index (χ0v) is 22.8. The van der Waals surface area contributed by atoms with Crippen molar-refractivity contribution in [3.05, 3.63) is 76.7 Å². The van der Waals surface area contributed by atoms with Crippen molar-refractivity contribution in [1.29, 1.82) is 0 Å². The Balaban J connectivity index is 1.37. The van der Waals surface area contributed by atoms with E-state index in [1.165, 1.54) is 12.5 Å². The zero-order chi connectivity index (χ0) is 28.4. The quantitative estimate of drug-likeness (QED) is 0.324. The van der Waals surface area contributed by atoms with Crippen LogP contribution in [0.1, 0.15) is 52.0 Å². The fourth-order valence-corrected chi connectivity index (χ4v) is 5.00. The highest BCUT2D eigenvalue weighted by atomic mass is 19.4. The fourth-order valence-electron chi connectivity index (χ4n) is 5.00. The number of amides is 1. The van der Waals surface area contributed by atoms with Gasteiger partial charge in [-0.2, -0.15) is 18.3 Å². The first-order chi connectivity index (χ1) is 19.1. The number of benzene rings is 2. The summed E-state index contributed by atoms with van der Waals surface area (Å²) in [7, 11) is 1.84. The maximum absolute atomic E-state index is 13.7. The van der Waals surface area contributed by atoms with E-state index < -0.39 is 17.6 Å². The molecule has 1 aliphatic heterocycles. The van der Waals surface area contributed by atoms with E-state index in [1.807, 2.05) is 20.9 Å². The Morgan fingerprint density at radius 3 is 2.52 bits per heavy atom. The van der Waals surface area contributed by atoms with Crippen LogP contribution >= 0.6 is 0 Å². The highest BCUT2D eigenvalue weighted by molar-refractivity contribution is 6.04. The smallest absolute Gasteiger partial charge is 0.322 e. The molecule has 0 radical (unpaired) electrons. The maximum Gasteiger partial charge on any atom is 0.416 e. The van der Waals surface area contributed by atoms with Crippen molar-refractivity contribution in [3.63, 3.8) is 0 Å². The summed E-state index contributed by atoms with van der Waals surface area (Å²) in [5, 5.41) is 15.4. The molecule has 0 spiro atoms. The second-order valence-corrected chi connectivity index (χ2v) is 10.3. The van der Waals surface area contributed by atoms with Crippen molar-refractivity contribution in [1.82, 2.24) is 29.7 Å². The van der Waals surface area contributed by atoms with Crippen LogP contribution in [0.4, 0.5) is 18.9 Å². The molecule has 1 amide bonds. The van der Waals surface area contributed by atoms with Crippen LogP contribution in [0.15, 0.2) is 48.8 Å². The highest BCUT2D eigenvalue weighted by Gasteiger charge is 2.31. The minimum atomic E-state index is -4.52. The molecule has 0 aliphatic carbocycles. The van der Waals surface area contributed by atoms with Crippen LogP contribution in [-0.4, -0.2) is 55.2 Å². The summed E-state index contributed by atoms with van der Waals surface area (Å²) in [6, 6.07) is 8.86. The Kier molecular flexibility index (Phi) is 7.75. The van der Waals surface area contributed by atoms with Gasteiger partial charge in [0.05, 0.1) is 23.6 Å². The summed E-state index contributed by atoms with van der Waals surface area (Å²) in [5.41, 5.74) is 4.10. The van der Waals surface area contributed by atoms with E-state index in [2.05, 4.69) is 25.6 Å². The lowest BCUT2D eigenvalue weighted by Crippen LogP contribution is -2.31. The second-order valence-electron chi connectivity index (χ2n) is 10.3. The maximum atomic E-state index is 13.7. The van der Waals surface area contributed by atoms with Gasteiger partial charge in [0, 0.05) is 36.1 Å². The first-order valence-electron chi connectivity index (χ1n) is 13.4. The van der Waals surface area contributed by atoms with Gasteiger partial charge in [-0.1, -0.05) is 17.7 Å². The van der Waals surface area contributed by atoms with Gasteiger partial charge in [-0.15, -0.1) is 5.10 Å². The van der Waals surface area contributed by atoms with Gasteiger partial charge >= 0.3 is 6.18 Å². The van der Waals surface area contributed by atoms with E-state index in [0.29, 0.717) is 35.5 Å². The first kappa shape index (κ1) is 27.6. The van der Waals surface area contributed by atoms with E-state index in [1.54, 1.807) is 46.0 Å². The fraction of sp³-hybridized carbons (Fsp3) is 0.379. The lowest BCUT2D eigenvalue weighted by Gasteiger charge is -2.26. The Morgan fingerprint density at radius 2 is 1.82 bits per heavy atom. The normalized spacial score (nSPS) is 14.4. The summed E-state index contributed by atoms with van der Waals surface area (Å²) in [5.74, 6) is -0.508. The number of nitrogens with zero attached hydrogens (tertiary/aromatic N) is 6. The number of hydrogen-bond donors (Lipinski definition) is 1. The largest absolute Gasteiger partial charge is 0.416 e. The molecule has 2 aromatic heterocycles. The minimum Gasteiger partial charge on any atom is -0.322 e. The van der Waals surface area contributed by atoms with E-state index in [9.17, 15) is 18.0 Å². The number of piperidine rings is 1. The number of rotatable bonds is 7. The number of nitrogens with one attached hydrogen (secondary N) is 1. The average Bonchev–Trinajstić information content (AvgIpc) is 3.54. The van der Waals surface area contributed by atoms with Crippen molar-refractivity contribution < 1.29 is 18.0 Å². The molecule has 3 heterocycles. The van der Waals surface area contributed by atoms with Crippen molar-refractivity contribution in [3.8, 4) is 16.9 Å². The number of anilines is 1. The standard InChI is InChI=1S/C29H32F3N7O/c1-19-7-8-22(15-27(19)39-18-26(35-36-39)25-17-33-37(3)20(25)2)28(40)34-24-14-21(13-23(16-24)29(30,31)32)9-12-38-10-5-4-6-11-38/h7-8,13-18H,4-6,9-12H2,1-3H3,(H,34,40). The zero-order valence-electron chi connectivity index (χ0n) is 22.8. The predicted octanol–water partition coefficient (Wildman–Crippen LogP) is 5.58. The Morgan fingerprint density at radius 1 is 1.05 bits per heavy atom. The van der Waals surface area contributed by atoms with Gasteiger partial charge in [0.15, 0.2) is 0 Å². The topological polar surface area (TPSA) is 80.9 Å². The van der Waals surface area contributed by atoms with Crippen LogP contribution in [0.25, 0.3) is 16.9 Å². The molecule has 0 saturated carbocycles. The van der Waals surface area contributed by atoms with E-state index in [0.717, 1.165) is 48.8 Å². The molecule has 0 bridgehead atoms. The summed E-state index contributed by atoms with van der Waals surface area (Å²) >= 11 is 0. The molecule has 4 aromatic rings. The monoisotopic (exact) mass is 551 g/mol. The number of carbonyl (C=O) groups is 1. The number of halogens is 3. The van der Waals surface area contributed by atoms with Crippen LogP contribution in [0.3, 0.4) is 0 Å². The molecule has 2 aromatic carbocycles. The van der Waals surface area contributed by atoms with Gasteiger partial charge in [-0.25, -0.2) is 4.68 Å². The third-order valence-corrected chi connectivity index (χ3v) is 7.47. The number of likely N-dealkylation sites (tertiary alicyclic amines) is 1. The number of carbonyl (C=O) groups excluding carboxylic acids is 1. The van der Waals surface area contributed by atoms with Crippen LogP contribution in [0.5, 0.6) is 0 Å². The molecule has 40 heavy (non-hydrogen) atoms. The Bertz CT molecular complexity index is 1520. The van der Waals surface area contributed by atoms with Gasteiger partial charge in [0.1, 0.15) is 5.69 Å². The number of hydrogen-bond acceptors (Lipinski definition) is 5. The molecule has 1 aliphatic rings. The molecule has 1 N–H and O–H groups in total. The molecule has 0 atom stereocenters. The summed E-state index contributed by atoms with van der Waals surface area (Å²) in [4.78, 5) is 15.5. The van der Waals surface area contributed by atoms with Crippen molar-refractivity contribution in [2.45, 2.75) is 45.7 Å². The molecule has 1 saturated heterocycles. The Labute approximate surface area is 230 Å². The van der Waals surface area contributed by atoms with Crippen molar-refractivity contribution in [2.24, 2.45) is 7.05 Å². The number of aromatic nitrogens is 5. The third kappa shape index (κ3) is 6.09. The average molecular weight is 552 g/mol. The highest BCUT2D eigenvalue weighted by Crippen LogP contribution is 2.32. The molecule has 0 unspecified atom stereocenters. The summed E-state index contributed by atoms with van der Waals surface area (Å²) < 4.78 is 44.4. The summed E-state index contributed by atoms with van der Waals surface area (Å²) in [6.07, 6.45) is 2.86. The van der Waals surface area contributed by atoms with Crippen LogP contribution in [0, 0.1) is 13.8 Å². The second kappa shape index (κ2) is 11.2. The van der Waals surface area contributed by atoms with Crippen LogP contribution < -0.4 is 5.32 Å². The summed E-state index contributed by atoms with van der Waals surface area (Å²) in [6.45, 7) is 6.44. The number of aryl methyl sites for hydroxylation is 2. The van der Waals surface area contributed by atoms with Crippen LogP contribution in [-0.2, 0) is 19.6 Å². The molecular formula is C29H32F3N7O. The van der Waals surface area contributed by atoms with Gasteiger partial charge < -0.3 is 10.2 Å². The van der Waals surface area contributed by atoms with E-state index in [-0.39, 0.29) is 5.69 Å². The number of alkyl halides is 3. The van der Waals surface area contributed by atoms with Crippen LogP contribution in [0.2, 0.25) is 0 Å². The van der Waals surface area contributed by atoms with Crippen molar-refractivity contribution in [2.75, 3.05) is 25.0 Å². The van der Waals surface area contributed by atoms with Gasteiger partial charge in [-0.3, -0.25) is 9.48 Å². The molecule has 5 rings (SSSR count). The van der Waals surface area contributed by atoms with Gasteiger partial charge in [0.2, 0.25) is 0 Å². The SMILES string of the molecule is Cc1ccc(C(=O)Nc2cc(CCN3CCCCC3)cc(C(F)(F)F)c2)cc1-n1cc(-c2cnn(C)c2C)nn1. The van der Waals surface area contributed by atoms with E-state index >= 15 is 0 Å². The molecule has 210 valence electrons. The van der Waals surface area contributed by atoms with Gasteiger partial charge in [-0.05, 0) is 87.7 Å². The third-order valence-electron chi connectivity index (χ3n) is 7.47. The van der Waals surface area contributed by atoms with E-state index in [4.69, 9.17) is 0 Å². The Hall–Kier alpha value is -3.99. The lowest BCUT2D eigenvalue weighted by atomic mass is 10.0.